The first-order valence-electron chi connectivity index (χ1n) is 13.4. The zero-order valence-corrected chi connectivity index (χ0v) is 22.4. The van der Waals surface area contributed by atoms with Crippen molar-refractivity contribution in [2.45, 2.75) is 98.3 Å². The van der Waals surface area contributed by atoms with Crippen LogP contribution in [-0.4, -0.2) is 22.0 Å². The summed E-state index contributed by atoms with van der Waals surface area (Å²) in [4.78, 5) is 13.5. The topological polar surface area (TPSA) is 54.9 Å². The number of aromatic nitrogens is 2. The first-order chi connectivity index (χ1) is 15.6. The highest BCUT2D eigenvalue weighted by Gasteiger charge is 2.61. The van der Waals surface area contributed by atoms with E-state index < -0.39 is 0 Å². The van der Waals surface area contributed by atoms with Crippen molar-refractivity contribution in [3.63, 3.8) is 0 Å². The number of carbonyl (C=O) groups is 1. The fourth-order valence-electron chi connectivity index (χ4n) is 9.37. The zero-order valence-electron chi connectivity index (χ0n) is 21.5. The summed E-state index contributed by atoms with van der Waals surface area (Å²) in [7, 11) is 0. The van der Waals surface area contributed by atoms with E-state index in [1.165, 1.54) is 42.7 Å². The van der Waals surface area contributed by atoms with E-state index in [4.69, 9.17) is 0 Å². The molecule has 4 aliphatic carbocycles. The average Bonchev–Trinajstić information content (AvgIpc) is 3.36. The molecular formula is C28H43N3OS. The molecule has 1 aromatic rings. The van der Waals surface area contributed by atoms with Crippen LogP contribution >= 0.6 is 11.5 Å². The van der Waals surface area contributed by atoms with E-state index in [2.05, 4.69) is 55.6 Å². The zero-order chi connectivity index (χ0) is 23.6. The van der Waals surface area contributed by atoms with Crippen molar-refractivity contribution in [3.8, 4) is 0 Å². The van der Waals surface area contributed by atoms with Gasteiger partial charge in [0.05, 0.1) is 10.6 Å². The van der Waals surface area contributed by atoms with Crippen molar-refractivity contribution < 1.29 is 4.79 Å². The molecule has 0 saturated heterocycles. The molecule has 5 heteroatoms. The number of carbonyl (C=O) groups excluding carboxylic acids is 1. The van der Waals surface area contributed by atoms with E-state index >= 15 is 0 Å². The lowest BCUT2D eigenvalue weighted by atomic mass is 9.45. The van der Waals surface area contributed by atoms with Gasteiger partial charge in [-0.15, -0.1) is 5.10 Å². The third kappa shape index (κ3) is 3.46. The van der Waals surface area contributed by atoms with Crippen molar-refractivity contribution >= 4 is 17.4 Å². The normalized spacial score (nSPS) is 39.5. The highest BCUT2D eigenvalue weighted by Crippen LogP contribution is 2.68. The number of rotatable bonds is 5. The fraction of sp³-hybridized carbons (Fsp3) is 0.821. The molecule has 0 spiro atoms. The second-order valence-electron chi connectivity index (χ2n) is 12.7. The maximum Gasteiger partial charge on any atom is 0.219 e. The van der Waals surface area contributed by atoms with Crippen LogP contribution in [0.15, 0.2) is 11.6 Å². The monoisotopic (exact) mass is 469 g/mol. The first kappa shape index (κ1) is 23.5. The van der Waals surface area contributed by atoms with Crippen LogP contribution in [0.4, 0.5) is 0 Å². The van der Waals surface area contributed by atoms with E-state index in [-0.39, 0.29) is 16.7 Å². The largest absolute Gasteiger partial charge is 0.356 e. The third-order valence-corrected chi connectivity index (χ3v) is 11.5. The van der Waals surface area contributed by atoms with Crippen molar-refractivity contribution in [1.29, 1.82) is 0 Å². The molecular weight excluding hydrogens is 426 g/mol. The van der Waals surface area contributed by atoms with Crippen molar-refractivity contribution in [3.05, 3.63) is 22.2 Å². The van der Waals surface area contributed by atoms with E-state index in [1.54, 1.807) is 17.1 Å². The minimum absolute atomic E-state index is 0.00679. The summed E-state index contributed by atoms with van der Waals surface area (Å²) in [6, 6.07) is 0. The summed E-state index contributed by atoms with van der Waals surface area (Å²) < 4.78 is 4.36. The third-order valence-electron chi connectivity index (χ3n) is 10.8. The van der Waals surface area contributed by atoms with Crippen LogP contribution < -0.4 is 5.32 Å². The molecule has 0 radical (unpaired) electrons. The molecule has 33 heavy (non-hydrogen) atoms. The number of nitrogens with zero attached hydrogens (tertiary/aromatic N) is 2. The Kier molecular flexibility index (Phi) is 5.82. The van der Waals surface area contributed by atoms with E-state index in [9.17, 15) is 4.79 Å². The lowest BCUT2D eigenvalue weighted by Gasteiger charge is -2.60. The smallest absolute Gasteiger partial charge is 0.219 e. The number of allylic oxidation sites excluding steroid dienone is 2. The van der Waals surface area contributed by atoms with Gasteiger partial charge < -0.3 is 5.32 Å². The second kappa shape index (κ2) is 8.17. The number of hydrogen-bond donors (Lipinski definition) is 1. The molecule has 182 valence electrons. The van der Waals surface area contributed by atoms with Gasteiger partial charge in [0.25, 0.3) is 0 Å². The summed E-state index contributed by atoms with van der Waals surface area (Å²) in [6.45, 7) is 15.1. The van der Waals surface area contributed by atoms with Gasteiger partial charge in [-0.3, -0.25) is 4.79 Å². The second-order valence-corrected chi connectivity index (χ2v) is 13.5. The maximum absolute atomic E-state index is 12.1. The molecule has 1 amide bonds. The number of hydrogen-bond acceptors (Lipinski definition) is 4. The van der Waals surface area contributed by atoms with Gasteiger partial charge in [0.1, 0.15) is 0 Å². The van der Waals surface area contributed by atoms with Gasteiger partial charge in [-0.2, -0.15) is 0 Å². The molecule has 7 atom stereocenters. The van der Waals surface area contributed by atoms with Crippen LogP contribution in [0.1, 0.15) is 97.1 Å². The van der Waals surface area contributed by atoms with Gasteiger partial charge in [0.15, 0.2) is 0 Å². The summed E-state index contributed by atoms with van der Waals surface area (Å²) >= 11 is 1.63. The molecule has 0 aromatic carbocycles. The Morgan fingerprint density at radius 2 is 2.00 bits per heavy atom. The number of amides is 1. The summed E-state index contributed by atoms with van der Waals surface area (Å²) in [5.74, 6) is 4.01. The summed E-state index contributed by atoms with van der Waals surface area (Å²) in [5.41, 5.74) is 3.57. The lowest BCUT2D eigenvalue weighted by Crippen LogP contribution is -2.53. The Balaban J connectivity index is 1.38. The van der Waals surface area contributed by atoms with Gasteiger partial charge >= 0.3 is 0 Å². The van der Waals surface area contributed by atoms with Gasteiger partial charge in [-0.25, -0.2) is 0 Å². The molecule has 0 bridgehead atoms. The van der Waals surface area contributed by atoms with Crippen molar-refractivity contribution in [1.82, 2.24) is 14.9 Å². The van der Waals surface area contributed by atoms with Crippen LogP contribution in [0.2, 0.25) is 0 Å². The Morgan fingerprint density at radius 3 is 2.76 bits per heavy atom. The SMILES string of the molecule is CCNC(=O)CC[C@@H](C)[C@H]1CC[C@H]2[C@@H]3CC=C4C(C)(C)c5nnsc5C[C@]4(C)[C@H]3CC[C@]12C. The Bertz CT molecular complexity index is 951. The number of fused-ring (bicyclic) bond motifs is 6. The molecule has 1 N–H and O–H groups in total. The van der Waals surface area contributed by atoms with Gasteiger partial charge in [0.2, 0.25) is 5.91 Å². The summed E-state index contributed by atoms with van der Waals surface area (Å²) in [5, 5.41) is 7.55. The van der Waals surface area contributed by atoms with Crippen LogP contribution in [-0.2, 0) is 16.6 Å². The molecule has 1 aromatic heterocycles. The molecule has 2 saturated carbocycles. The van der Waals surface area contributed by atoms with Crippen LogP contribution in [0, 0.1) is 40.4 Å². The molecule has 4 nitrogen and oxygen atoms in total. The summed E-state index contributed by atoms with van der Waals surface area (Å²) in [6.07, 6.45) is 12.2. The Hall–Kier alpha value is -1.23. The quantitative estimate of drug-likeness (QED) is 0.513. The molecule has 0 unspecified atom stereocenters. The molecule has 1 heterocycles. The maximum atomic E-state index is 12.1. The molecule has 2 fully saturated rings. The number of nitrogens with one attached hydrogen (secondary N) is 1. The predicted octanol–water partition coefficient (Wildman–Crippen LogP) is 6.32. The standard InChI is InChI=1S/C28H43N3OS/c1-7-29-24(32)13-8-17(2)19-10-11-20-18-9-12-23-26(3,4)25-22(33-31-30-25)16-28(23,6)21(18)14-15-27(19,20)5/h12,17-21H,7-11,13-16H2,1-6H3,(H,29,32)/t17-,18+,19-,20+,21+,27-,28-/m1/s1. The predicted molar refractivity (Wildman–Crippen MR) is 135 cm³/mol. The van der Waals surface area contributed by atoms with E-state index in [0.717, 1.165) is 43.1 Å². The van der Waals surface area contributed by atoms with Crippen LogP contribution in [0.25, 0.3) is 0 Å². The first-order valence-corrected chi connectivity index (χ1v) is 14.2. The van der Waals surface area contributed by atoms with Crippen molar-refractivity contribution in [2.24, 2.45) is 40.4 Å². The molecule has 5 rings (SSSR count). The minimum atomic E-state index is 0.00679. The van der Waals surface area contributed by atoms with Gasteiger partial charge in [-0.05, 0) is 104 Å². The van der Waals surface area contributed by atoms with Crippen molar-refractivity contribution in [2.75, 3.05) is 6.54 Å². The van der Waals surface area contributed by atoms with Gasteiger partial charge in [0, 0.05) is 18.4 Å². The fourth-order valence-corrected chi connectivity index (χ4v) is 10.3. The molecule has 0 aliphatic heterocycles. The Morgan fingerprint density at radius 1 is 1.21 bits per heavy atom. The average molecular weight is 470 g/mol. The van der Waals surface area contributed by atoms with Crippen LogP contribution in [0.5, 0.6) is 0 Å². The Labute approximate surface area is 204 Å². The highest BCUT2D eigenvalue weighted by molar-refractivity contribution is 7.05. The van der Waals surface area contributed by atoms with E-state index in [1.807, 2.05) is 6.92 Å². The van der Waals surface area contributed by atoms with Gasteiger partial charge in [-0.1, -0.05) is 50.8 Å². The minimum Gasteiger partial charge on any atom is -0.356 e. The van der Waals surface area contributed by atoms with E-state index in [0.29, 0.717) is 17.8 Å². The van der Waals surface area contributed by atoms with Crippen LogP contribution in [0.3, 0.4) is 0 Å². The molecule has 4 aliphatic rings. The highest BCUT2D eigenvalue weighted by atomic mass is 32.1. The lowest BCUT2D eigenvalue weighted by molar-refractivity contribution is -0.121.